The van der Waals surface area contributed by atoms with Crippen molar-refractivity contribution in [1.82, 2.24) is 9.62 Å². The van der Waals surface area contributed by atoms with Crippen LogP contribution in [-0.2, 0) is 10.0 Å². The molecule has 0 aliphatic carbocycles. The Labute approximate surface area is 151 Å². The zero-order chi connectivity index (χ0) is 18.0. The number of nitrogens with zero attached hydrogens (tertiary/aromatic N) is 1. The summed E-state index contributed by atoms with van der Waals surface area (Å²) in [6, 6.07) is 4.81. The number of thiophene rings is 1. The van der Waals surface area contributed by atoms with Gasteiger partial charge in [0.2, 0.25) is 10.0 Å². The van der Waals surface area contributed by atoms with E-state index in [9.17, 15) is 13.2 Å². The number of nitrogens with one attached hydrogen (secondary N) is 1. The Morgan fingerprint density at radius 1 is 1.24 bits per heavy atom. The van der Waals surface area contributed by atoms with Gasteiger partial charge in [-0.25, -0.2) is 8.42 Å². The summed E-state index contributed by atoms with van der Waals surface area (Å²) in [7, 11) is -3.63. The first kappa shape index (κ1) is 18.2. The molecule has 0 aromatic carbocycles. The second-order valence-corrected chi connectivity index (χ2v) is 9.04. The van der Waals surface area contributed by atoms with Crippen LogP contribution >= 0.6 is 11.3 Å². The summed E-state index contributed by atoms with van der Waals surface area (Å²) in [5, 5.41) is 4.47. The number of carbonyl (C=O) groups excluding carboxylic acids is 1. The van der Waals surface area contributed by atoms with Gasteiger partial charge in [-0.1, -0.05) is 6.42 Å². The van der Waals surface area contributed by atoms with Crippen LogP contribution < -0.4 is 5.32 Å². The van der Waals surface area contributed by atoms with Gasteiger partial charge in [0.25, 0.3) is 5.91 Å². The van der Waals surface area contributed by atoms with Crippen LogP contribution in [0.25, 0.3) is 0 Å². The maximum Gasteiger partial charge on any atom is 0.263 e. The summed E-state index contributed by atoms with van der Waals surface area (Å²) in [5.41, 5.74) is 0. The van der Waals surface area contributed by atoms with E-state index < -0.39 is 15.9 Å². The van der Waals surface area contributed by atoms with Crippen molar-refractivity contribution in [3.8, 4) is 0 Å². The van der Waals surface area contributed by atoms with Crippen molar-refractivity contribution >= 4 is 27.3 Å². The van der Waals surface area contributed by atoms with Gasteiger partial charge in [-0.15, -0.1) is 11.3 Å². The van der Waals surface area contributed by atoms with E-state index >= 15 is 0 Å². The van der Waals surface area contributed by atoms with Crippen LogP contribution in [0.3, 0.4) is 0 Å². The molecule has 0 spiro atoms. The molecule has 1 aliphatic heterocycles. The minimum Gasteiger partial charge on any atom is -0.464 e. The molecule has 136 valence electrons. The molecular weight excluding hydrogens is 360 g/mol. The molecule has 2 aromatic rings. The second kappa shape index (κ2) is 7.31. The Morgan fingerprint density at radius 3 is 2.60 bits per heavy atom. The molecule has 1 atom stereocenters. The molecule has 25 heavy (non-hydrogen) atoms. The largest absolute Gasteiger partial charge is 0.464 e. The van der Waals surface area contributed by atoms with Gasteiger partial charge in [0.05, 0.1) is 6.04 Å². The van der Waals surface area contributed by atoms with E-state index in [-0.39, 0.29) is 15.8 Å². The molecule has 8 heteroatoms. The van der Waals surface area contributed by atoms with Crippen molar-refractivity contribution in [3.05, 3.63) is 40.0 Å². The molecule has 1 saturated heterocycles. The first-order valence-corrected chi connectivity index (χ1v) is 10.7. The number of rotatable bonds is 5. The van der Waals surface area contributed by atoms with Crippen molar-refractivity contribution < 1.29 is 17.6 Å². The van der Waals surface area contributed by atoms with Crippen LogP contribution in [0.4, 0.5) is 0 Å². The Bertz CT molecular complexity index is 848. The van der Waals surface area contributed by atoms with Crippen molar-refractivity contribution in [3.63, 3.8) is 0 Å². The maximum absolute atomic E-state index is 12.9. The van der Waals surface area contributed by atoms with Gasteiger partial charge in [-0.3, -0.25) is 4.79 Å². The Balaban J connectivity index is 1.79. The summed E-state index contributed by atoms with van der Waals surface area (Å²) in [5.74, 6) is 1.01. The van der Waals surface area contributed by atoms with E-state index in [2.05, 4.69) is 5.32 Å². The third-order valence-corrected chi connectivity index (χ3v) is 7.29. The number of hydrogen-bond acceptors (Lipinski definition) is 5. The third-order valence-electron chi connectivity index (χ3n) is 4.30. The van der Waals surface area contributed by atoms with Gasteiger partial charge < -0.3 is 9.73 Å². The van der Waals surface area contributed by atoms with E-state index in [0.29, 0.717) is 18.8 Å². The highest BCUT2D eigenvalue weighted by atomic mass is 32.2. The molecule has 0 saturated carbocycles. The number of hydrogen-bond donors (Lipinski definition) is 1. The van der Waals surface area contributed by atoms with E-state index in [1.165, 1.54) is 10.4 Å². The van der Waals surface area contributed by atoms with Crippen LogP contribution in [0.15, 0.2) is 32.9 Å². The third kappa shape index (κ3) is 3.80. The molecule has 1 aliphatic rings. The summed E-state index contributed by atoms with van der Waals surface area (Å²) >= 11 is 1.14. The number of carbonyl (C=O) groups is 1. The highest BCUT2D eigenvalue weighted by Gasteiger charge is 2.31. The second-order valence-electron chi connectivity index (χ2n) is 6.22. The Morgan fingerprint density at radius 2 is 1.96 bits per heavy atom. The van der Waals surface area contributed by atoms with E-state index in [4.69, 9.17) is 4.42 Å². The van der Waals surface area contributed by atoms with Crippen molar-refractivity contribution in [2.24, 2.45) is 0 Å². The maximum atomic E-state index is 12.9. The van der Waals surface area contributed by atoms with Gasteiger partial charge in [0, 0.05) is 13.1 Å². The lowest BCUT2D eigenvalue weighted by Crippen LogP contribution is -2.36. The lowest BCUT2D eigenvalue weighted by atomic mass is 10.2. The monoisotopic (exact) mass is 382 g/mol. The van der Waals surface area contributed by atoms with Crippen LogP contribution in [0, 0.1) is 6.92 Å². The van der Waals surface area contributed by atoms with Gasteiger partial charge in [-0.2, -0.15) is 4.31 Å². The summed E-state index contributed by atoms with van der Waals surface area (Å²) in [6.45, 7) is 4.67. The van der Waals surface area contributed by atoms with Gasteiger partial charge >= 0.3 is 0 Å². The fourth-order valence-electron chi connectivity index (χ4n) is 2.93. The topological polar surface area (TPSA) is 79.6 Å². The first-order chi connectivity index (χ1) is 11.9. The fourth-order valence-corrected chi connectivity index (χ4v) is 5.75. The molecule has 3 rings (SSSR count). The predicted octanol–water partition coefficient (Wildman–Crippen LogP) is 3.32. The van der Waals surface area contributed by atoms with Crippen molar-refractivity contribution in [2.45, 2.75) is 44.0 Å². The van der Waals surface area contributed by atoms with E-state index in [0.717, 1.165) is 36.4 Å². The molecule has 3 heterocycles. The molecule has 2 aromatic heterocycles. The normalized spacial score (nSPS) is 17.4. The molecule has 0 radical (unpaired) electrons. The minimum absolute atomic E-state index is 0.0970. The number of piperidine rings is 1. The standard InChI is InChI=1S/C17H22N2O4S2/c1-12-6-7-14(23-12)13(2)18-17(20)16-15(8-11-24-16)25(21,22)19-9-4-3-5-10-19/h6-8,11,13H,3-5,9-10H2,1-2H3,(H,18,20). The average molecular weight is 383 g/mol. The predicted molar refractivity (Wildman–Crippen MR) is 96.3 cm³/mol. The van der Waals surface area contributed by atoms with Gasteiger partial charge in [0.1, 0.15) is 21.3 Å². The van der Waals surface area contributed by atoms with Crippen LogP contribution in [0.5, 0.6) is 0 Å². The lowest BCUT2D eigenvalue weighted by molar-refractivity contribution is 0.0936. The first-order valence-electron chi connectivity index (χ1n) is 8.34. The van der Waals surface area contributed by atoms with Crippen molar-refractivity contribution in [2.75, 3.05) is 13.1 Å². The average Bonchev–Trinajstić information content (AvgIpc) is 3.25. The molecule has 1 fully saturated rings. The van der Waals surface area contributed by atoms with Crippen molar-refractivity contribution in [1.29, 1.82) is 0 Å². The van der Waals surface area contributed by atoms with E-state index in [1.54, 1.807) is 11.4 Å². The highest BCUT2D eigenvalue weighted by Crippen LogP contribution is 2.28. The number of sulfonamides is 1. The Kier molecular flexibility index (Phi) is 5.31. The Hall–Kier alpha value is -1.64. The van der Waals surface area contributed by atoms with Gasteiger partial charge in [0.15, 0.2) is 0 Å². The quantitative estimate of drug-likeness (QED) is 0.860. The summed E-state index contributed by atoms with van der Waals surface area (Å²) in [4.78, 5) is 12.9. The van der Waals surface area contributed by atoms with E-state index in [1.807, 2.05) is 19.9 Å². The van der Waals surface area contributed by atoms with Crippen LogP contribution in [0.2, 0.25) is 0 Å². The van der Waals surface area contributed by atoms with Crippen LogP contribution in [-0.4, -0.2) is 31.7 Å². The lowest BCUT2D eigenvalue weighted by Gasteiger charge is -2.25. The molecular formula is C17H22N2O4S2. The highest BCUT2D eigenvalue weighted by molar-refractivity contribution is 7.89. The zero-order valence-electron chi connectivity index (χ0n) is 14.3. The number of aryl methyl sites for hydroxylation is 1. The molecule has 0 bridgehead atoms. The molecule has 6 nitrogen and oxygen atoms in total. The number of amides is 1. The zero-order valence-corrected chi connectivity index (χ0v) is 16.0. The van der Waals surface area contributed by atoms with Gasteiger partial charge in [-0.05, 0) is 50.3 Å². The molecule has 1 amide bonds. The fraction of sp³-hybridized carbons (Fsp3) is 0.471. The molecule has 1 unspecified atom stereocenters. The van der Waals surface area contributed by atoms with Crippen LogP contribution in [0.1, 0.15) is 53.4 Å². The molecule has 1 N–H and O–H groups in total. The smallest absolute Gasteiger partial charge is 0.263 e. The summed E-state index contributed by atoms with van der Waals surface area (Å²) < 4.78 is 32.7. The summed E-state index contributed by atoms with van der Waals surface area (Å²) in [6.07, 6.45) is 2.77. The number of furan rings is 1. The SMILES string of the molecule is Cc1ccc(C(C)NC(=O)c2sccc2S(=O)(=O)N2CCCCC2)o1. The minimum atomic E-state index is -3.63.